The average molecular weight is 763 g/mol. The second-order valence-corrected chi connectivity index (χ2v) is 14.3. The number of para-hydroxylation sites is 1. The van der Waals surface area contributed by atoms with Crippen LogP contribution in [0.3, 0.4) is 0 Å². The lowest BCUT2D eigenvalue weighted by molar-refractivity contribution is -0.152. The smallest absolute Gasteiger partial charge is 0.335 e. The van der Waals surface area contributed by atoms with E-state index in [1.165, 1.54) is 66.6 Å². The van der Waals surface area contributed by atoms with Gasteiger partial charge in [0, 0.05) is 25.4 Å². The molecule has 1 aliphatic carbocycles. The van der Waals surface area contributed by atoms with Gasteiger partial charge in [-0.05, 0) is 75.1 Å². The number of hydrogen-bond acceptors (Lipinski definition) is 10. The molecule has 3 heterocycles. The molecule has 0 spiro atoms. The first kappa shape index (κ1) is 37.8. The predicted octanol–water partition coefficient (Wildman–Crippen LogP) is 4.17. The summed E-state index contributed by atoms with van der Waals surface area (Å²) in [6.45, 7) is 1.83. The summed E-state index contributed by atoms with van der Waals surface area (Å²) in [6, 6.07) is 9.90. The number of anilines is 1. The molecule has 2 aromatic carbocycles. The summed E-state index contributed by atoms with van der Waals surface area (Å²) >= 11 is 0. The number of benzene rings is 2. The van der Waals surface area contributed by atoms with Crippen molar-refractivity contribution >= 4 is 38.5 Å². The van der Waals surface area contributed by atoms with E-state index < -0.39 is 68.2 Å². The summed E-state index contributed by atoms with van der Waals surface area (Å²) in [4.78, 5) is 61.3. The van der Waals surface area contributed by atoms with Crippen molar-refractivity contribution < 1.29 is 36.3 Å². The molecule has 2 N–H and O–H groups in total. The number of aromatic nitrogens is 4. The molecule has 3 aromatic heterocycles. The van der Waals surface area contributed by atoms with Crippen LogP contribution in [-0.4, -0.2) is 58.1 Å². The highest BCUT2D eigenvalue weighted by molar-refractivity contribution is 7.92. The topological polar surface area (TPSA) is 181 Å². The third kappa shape index (κ3) is 8.00. The van der Waals surface area contributed by atoms with Crippen LogP contribution in [0.4, 0.5) is 14.5 Å². The highest BCUT2D eigenvalue weighted by Crippen LogP contribution is 2.28. The Morgan fingerprint density at radius 3 is 2.41 bits per heavy atom. The number of aryl methyl sites for hydroxylation is 1. The predicted molar refractivity (Wildman–Crippen MR) is 193 cm³/mol. The second kappa shape index (κ2) is 16.0. The normalized spacial score (nSPS) is 14.0. The summed E-state index contributed by atoms with van der Waals surface area (Å²) in [7, 11) is -2.87. The van der Waals surface area contributed by atoms with Gasteiger partial charge in [0.25, 0.3) is 21.5 Å². The van der Waals surface area contributed by atoms with Gasteiger partial charge in [-0.2, -0.15) is 0 Å². The molecule has 1 fully saturated rings. The number of carbonyl (C=O) groups is 2. The number of halogens is 2. The molecule has 1 amide bonds. The number of rotatable bonds is 12. The monoisotopic (exact) mass is 762 g/mol. The number of carbonyl (C=O) groups excluding carboxylic acids is 2. The van der Waals surface area contributed by atoms with Crippen LogP contribution in [0.5, 0.6) is 5.75 Å². The van der Waals surface area contributed by atoms with E-state index in [1.54, 1.807) is 13.0 Å². The molecule has 0 bridgehead atoms. The molecular weight excluding hydrogens is 727 g/mol. The molecule has 14 nitrogen and oxygen atoms in total. The van der Waals surface area contributed by atoms with Crippen LogP contribution < -0.4 is 26.0 Å². The fourth-order valence-corrected chi connectivity index (χ4v) is 7.45. The van der Waals surface area contributed by atoms with Gasteiger partial charge in [-0.1, -0.05) is 18.6 Å². The van der Waals surface area contributed by atoms with E-state index in [0.29, 0.717) is 30.5 Å². The second-order valence-electron chi connectivity index (χ2n) is 12.6. The van der Waals surface area contributed by atoms with Crippen LogP contribution in [0.15, 0.2) is 87.7 Å². The summed E-state index contributed by atoms with van der Waals surface area (Å²) < 4.78 is 72.4. The molecule has 54 heavy (non-hydrogen) atoms. The molecule has 1 atom stereocenters. The number of esters is 1. The van der Waals surface area contributed by atoms with Gasteiger partial charge in [-0.25, -0.2) is 31.4 Å². The number of sulfonamides is 1. The van der Waals surface area contributed by atoms with Crippen LogP contribution in [0, 0.1) is 11.6 Å². The third-order valence-electron chi connectivity index (χ3n) is 8.94. The maximum Gasteiger partial charge on any atom is 0.335 e. The van der Waals surface area contributed by atoms with Gasteiger partial charge in [0.15, 0.2) is 0 Å². The first-order valence-corrected chi connectivity index (χ1v) is 18.6. The minimum absolute atomic E-state index is 0.0318. The molecule has 17 heteroatoms. The molecule has 5 aromatic rings. The van der Waals surface area contributed by atoms with Crippen LogP contribution in [0.25, 0.3) is 16.6 Å². The molecule has 0 radical (unpaired) electrons. The number of nitrogens with zero attached hydrogens (tertiary/aromatic N) is 4. The first-order chi connectivity index (χ1) is 25.9. The number of amides is 1. The summed E-state index contributed by atoms with van der Waals surface area (Å²) in [5.41, 5.74) is -2.10. The van der Waals surface area contributed by atoms with Gasteiger partial charge < -0.3 is 14.8 Å². The molecule has 1 aliphatic rings. The molecule has 0 saturated heterocycles. The van der Waals surface area contributed by atoms with Gasteiger partial charge in [0.1, 0.15) is 40.0 Å². The average Bonchev–Trinajstić information content (AvgIpc) is 3.14. The van der Waals surface area contributed by atoms with Gasteiger partial charge in [0.05, 0.1) is 41.3 Å². The van der Waals surface area contributed by atoms with E-state index in [2.05, 4.69) is 20.0 Å². The minimum atomic E-state index is -4.37. The van der Waals surface area contributed by atoms with Gasteiger partial charge in [-0.15, -0.1) is 0 Å². The Balaban J connectivity index is 1.25. The van der Waals surface area contributed by atoms with Crippen LogP contribution >= 0.6 is 0 Å². The highest BCUT2D eigenvalue weighted by atomic mass is 32.2. The maximum atomic E-state index is 15.4. The van der Waals surface area contributed by atoms with Crippen LogP contribution in [-0.2, 0) is 33.0 Å². The number of hydrogen-bond donors (Lipinski definition) is 2. The Labute approximate surface area is 307 Å². The van der Waals surface area contributed by atoms with Crippen molar-refractivity contribution in [1.29, 1.82) is 0 Å². The van der Waals surface area contributed by atoms with Crippen molar-refractivity contribution in [3.05, 3.63) is 117 Å². The molecule has 282 valence electrons. The molecular formula is C37H36F2N6O8S. The van der Waals surface area contributed by atoms with Crippen LogP contribution in [0.2, 0.25) is 0 Å². The van der Waals surface area contributed by atoms with E-state index in [4.69, 9.17) is 9.47 Å². The molecule has 0 unspecified atom stereocenters. The number of nitrogens with one attached hydrogen (secondary N) is 2. The Morgan fingerprint density at radius 1 is 1.00 bits per heavy atom. The Bertz CT molecular complexity index is 2430. The quantitative estimate of drug-likeness (QED) is 0.175. The van der Waals surface area contributed by atoms with Crippen molar-refractivity contribution in [1.82, 2.24) is 24.4 Å². The van der Waals surface area contributed by atoms with Crippen molar-refractivity contribution in [2.45, 2.75) is 62.5 Å². The first-order valence-electron chi connectivity index (χ1n) is 17.1. The van der Waals surface area contributed by atoms with Crippen LogP contribution in [0.1, 0.15) is 55.1 Å². The Morgan fingerprint density at radius 2 is 1.72 bits per heavy atom. The largest absolute Gasteiger partial charge is 0.492 e. The number of fused-ring (bicyclic) bond motifs is 1. The maximum absolute atomic E-state index is 15.4. The molecule has 1 saturated carbocycles. The van der Waals surface area contributed by atoms with Crippen molar-refractivity contribution in [3.63, 3.8) is 0 Å². The zero-order valence-corrected chi connectivity index (χ0v) is 30.1. The van der Waals surface area contributed by atoms with E-state index in [0.717, 1.165) is 23.8 Å². The van der Waals surface area contributed by atoms with E-state index in [9.17, 15) is 27.6 Å². The number of pyridine rings is 2. The molecule has 6 rings (SSSR count). The zero-order valence-electron chi connectivity index (χ0n) is 29.3. The third-order valence-corrected chi connectivity index (χ3v) is 10.4. The van der Waals surface area contributed by atoms with Crippen molar-refractivity contribution in [2.24, 2.45) is 7.05 Å². The highest BCUT2D eigenvalue weighted by Gasteiger charge is 2.30. The standard InChI is InChI=1S/C37H36F2N6O8S/c1-3-52-31-11-7-8-12-32(31)54(50,51)43-23-17-27(38)33(28(39)18-23)34(46)42-29(36(48)53-25-9-5-4-6-10-25)19-22-13-14-24(20-41-22)45-35(47)26-15-16-40-21-30(26)44(2)37(45)49/h7-8,11-18,20-21,25,29,43H,3-6,9-10,19H2,1-2H3,(H,42,46)/t29-/m0/s1. The summed E-state index contributed by atoms with van der Waals surface area (Å²) in [5.74, 6) is -4.92. The van der Waals surface area contributed by atoms with E-state index >= 15 is 8.78 Å². The Kier molecular flexibility index (Phi) is 11.2. The van der Waals surface area contributed by atoms with Gasteiger partial charge in [0.2, 0.25) is 0 Å². The fourth-order valence-electron chi connectivity index (χ4n) is 6.26. The lowest BCUT2D eigenvalue weighted by Gasteiger charge is -2.25. The lowest BCUT2D eigenvalue weighted by atomic mass is 9.97. The number of ether oxygens (including phenoxy) is 2. The van der Waals surface area contributed by atoms with E-state index in [1.807, 2.05) is 0 Å². The molecule has 0 aliphatic heterocycles. The SMILES string of the molecule is CCOc1ccccc1S(=O)(=O)Nc1cc(F)c(C(=O)N[C@@H](Cc2ccc(-n3c(=O)c4ccncc4n(C)c3=O)cn2)C(=O)OC2CCCCC2)c(F)c1. The minimum Gasteiger partial charge on any atom is -0.492 e. The fraction of sp³-hybridized carbons (Fsp3) is 0.297. The van der Waals surface area contributed by atoms with Crippen molar-refractivity contribution in [3.8, 4) is 11.4 Å². The summed E-state index contributed by atoms with van der Waals surface area (Å²) in [6.07, 6.45) is 7.27. The zero-order chi connectivity index (χ0) is 38.6. The lowest BCUT2D eigenvalue weighted by Crippen LogP contribution is -2.45. The van der Waals surface area contributed by atoms with Crippen molar-refractivity contribution in [2.75, 3.05) is 11.3 Å². The Hall–Kier alpha value is -5.97. The van der Waals surface area contributed by atoms with Gasteiger partial charge >= 0.3 is 11.7 Å². The van der Waals surface area contributed by atoms with E-state index in [-0.39, 0.29) is 40.4 Å². The van der Waals surface area contributed by atoms with Gasteiger partial charge in [-0.3, -0.25) is 28.8 Å². The summed E-state index contributed by atoms with van der Waals surface area (Å²) in [5, 5.41) is 2.61.